The molecule has 0 atom stereocenters. The number of nitrogen functional groups attached to an aromatic ring is 1. The number of hydrogen-bond acceptors (Lipinski definition) is 5. The Morgan fingerprint density at radius 3 is 2.55 bits per heavy atom. The number of nitrogens with two attached hydrogens (primary N) is 1. The van der Waals surface area contributed by atoms with Crippen molar-refractivity contribution in [3.05, 3.63) is 45.6 Å². The normalized spacial score (nSPS) is 10.1. The number of rotatable bonds is 3. The standard InChI is InChI=1S/C15H15N3OS/c1-3-18-15-11(8-16)13(19)12(17)14(20-15)10-6-4-9(2)5-7-10/h4-7,18H,3,17H2,1-2H3. The summed E-state index contributed by atoms with van der Waals surface area (Å²) in [5, 5.41) is 12.7. The highest BCUT2D eigenvalue weighted by Crippen LogP contribution is 2.34. The fourth-order valence-electron chi connectivity index (χ4n) is 1.85. The molecule has 3 N–H and O–H groups in total. The fourth-order valence-corrected chi connectivity index (χ4v) is 2.97. The van der Waals surface area contributed by atoms with E-state index in [0.29, 0.717) is 16.4 Å². The largest absolute Gasteiger partial charge is 0.394 e. The quantitative estimate of drug-likeness (QED) is 0.908. The molecule has 0 saturated heterocycles. The molecule has 1 aromatic heterocycles. The van der Waals surface area contributed by atoms with E-state index in [9.17, 15) is 4.79 Å². The van der Waals surface area contributed by atoms with Gasteiger partial charge < -0.3 is 11.1 Å². The van der Waals surface area contributed by atoms with E-state index in [2.05, 4.69) is 5.32 Å². The van der Waals surface area contributed by atoms with Crippen molar-refractivity contribution in [1.82, 2.24) is 0 Å². The molecule has 0 radical (unpaired) electrons. The third kappa shape index (κ3) is 2.51. The van der Waals surface area contributed by atoms with E-state index in [1.807, 2.05) is 44.2 Å². The number of nitriles is 1. The molecule has 0 fully saturated rings. The summed E-state index contributed by atoms with van der Waals surface area (Å²) < 4.78 is 0. The van der Waals surface area contributed by atoms with Gasteiger partial charge in [0.05, 0.1) is 10.6 Å². The average molecular weight is 285 g/mol. The van der Waals surface area contributed by atoms with E-state index in [4.69, 9.17) is 11.0 Å². The lowest BCUT2D eigenvalue weighted by molar-refractivity contribution is 1.22. The maximum Gasteiger partial charge on any atom is 0.223 e. The van der Waals surface area contributed by atoms with Crippen LogP contribution in [0, 0.1) is 18.3 Å². The van der Waals surface area contributed by atoms with E-state index < -0.39 is 5.43 Å². The second-order valence-electron chi connectivity index (χ2n) is 4.39. The van der Waals surface area contributed by atoms with Crippen LogP contribution in [0.3, 0.4) is 0 Å². The summed E-state index contributed by atoms with van der Waals surface area (Å²) in [6.07, 6.45) is 0. The molecule has 0 aliphatic carbocycles. The van der Waals surface area contributed by atoms with E-state index >= 15 is 0 Å². The van der Waals surface area contributed by atoms with Crippen LogP contribution in [0.5, 0.6) is 0 Å². The molecule has 1 heterocycles. The summed E-state index contributed by atoms with van der Waals surface area (Å²) in [6.45, 7) is 4.56. The van der Waals surface area contributed by atoms with Gasteiger partial charge in [0.2, 0.25) is 5.43 Å². The molecule has 0 aliphatic rings. The molecular formula is C15H15N3OS. The van der Waals surface area contributed by atoms with Crippen molar-refractivity contribution in [2.75, 3.05) is 17.6 Å². The number of hydrogen-bond donors (Lipinski definition) is 2. The predicted octanol–water partition coefficient (Wildman–Crippen LogP) is 2.97. The highest BCUT2D eigenvalue weighted by Gasteiger charge is 2.16. The molecule has 0 unspecified atom stereocenters. The molecule has 2 aromatic rings. The number of anilines is 2. The van der Waals surface area contributed by atoms with Crippen LogP contribution >= 0.6 is 11.3 Å². The van der Waals surface area contributed by atoms with Crippen LogP contribution in [0.1, 0.15) is 18.1 Å². The zero-order valence-corrected chi connectivity index (χ0v) is 12.2. The van der Waals surface area contributed by atoms with Crippen LogP contribution in [-0.2, 0) is 0 Å². The second-order valence-corrected chi connectivity index (χ2v) is 5.41. The van der Waals surface area contributed by atoms with Gasteiger partial charge in [-0.15, -0.1) is 11.3 Å². The van der Waals surface area contributed by atoms with Crippen molar-refractivity contribution < 1.29 is 0 Å². The van der Waals surface area contributed by atoms with Gasteiger partial charge in [-0.3, -0.25) is 4.79 Å². The maximum absolute atomic E-state index is 12.2. The molecular weight excluding hydrogens is 270 g/mol. The summed E-state index contributed by atoms with van der Waals surface area (Å²) in [6, 6.07) is 9.73. The maximum atomic E-state index is 12.2. The Morgan fingerprint density at radius 2 is 2.00 bits per heavy atom. The van der Waals surface area contributed by atoms with Crippen LogP contribution < -0.4 is 16.5 Å². The van der Waals surface area contributed by atoms with Crippen LogP contribution in [0.4, 0.5) is 10.7 Å². The van der Waals surface area contributed by atoms with Gasteiger partial charge in [0.25, 0.3) is 0 Å². The monoisotopic (exact) mass is 285 g/mol. The minimum Gasteiger partial charge on any atom is -0.394 e. The zero-order valence-electron chi connectivity index (χ0n) is 11.4. The minimum atomic E-state index is -0.405. The highest BCUT2D eigenvalue weighted by atomic mass is 32.1. The van der Waals surface area contributed by atoms with Crippen molar-refractivity contribution in [1.29, 1.82) is 5.26 Å². The van der Waals surface area contributed by atoms with E-state index in [1.54, 1.807) is 0 Å². The summed E-state index contributed by atoms with van der Waals surface area (Å²) in [5.41, 5.74) is 7.76. The van der Waals surface area contributed by atoms with E-state index in [1.165, 1.54) is 11.3 Å². The molecule has 0 bridgehead atoms. The number of nitrogens with one attached hydrogen (secondary N) is 1. The van der Waals surface area contributed by atoms with E-state index in [0.717, 1.165) is 11.1 Å². The molecule has 0 aliphatic heterocycles. The van der Waals surface area contributed by atoms with Crippen molar-refractivity contribution in [3.63, 3.8) is 0 Å². The topological polar surface area (TPSA) is 78.9 Å². The first-order valence-corrected chi connectivity index (χ1v) is 7.07. The third-order valence-electron chi connectivity index (χ3n) is 2.91. The third-order valence-corrected chi connectivity index (χ3v) is 4.12. The summed E-state index contributed by atoms with van der Waals surface area (Å²) in [5.74, 6) is 0. The molecule has 2 rings (SSSR count). The smallest absolute Gasteiger partial charge is 0.223 e. The first kappa shape index (κ1) is 14.1. The molecule has 1 aromatic carbocycles. The van der Waals surface area contributed by atoms with Gasteiger partial charge in [0, 0.05) is 6.54 Å². The van der Waals surface area contributed by atoms with Crippen LogP contribution in [0.2, 0.25) is 0 Å². The molecule has 4 nitrogen and oxygen atoms in total. The molecule has 0 saturated carbocycles. The van der Waals surface area contributed by atoms with Gasteiger partial charge in [-0.1, -0.05) is 29.8 Å². The van der Waals surface area contributed by atoms with Gasteiger partial charge in [-0.25, -0.2) is 0 Å². The number of benzene rings is 1. The first-order valence-electron chi connectivity index (χ1n) is 6.26. The average Bonchev–Trinajstić information content (AvgIpc) is 2.44. The summed E-state index contributed by atoms with van der Waals surface area (Å²) >= 11 is 1.34. The highest BCUT2D eigenvalue weighted by molar-refractivity contribution is 7.19. The Labute approximate surface area is 121 Å². The Bertz CT molecular complexity index is 727. The van der Waals surface area contributed by atoms with Crippen molar-refractivity contribution in [3.8, 4) is 16.5 Å². The SMILES string of the molecule is CCNc1sc(-c2ccc(C)cc2)c(N)c(=O)c1C#N. The zero-order chi connectivity index (χ0) is 14.7. The van der Waals surface area contributed by atoms with Crippen molar-refractivity contribution in [2.45, 2.75) is 13.8 Å². The van der Waals surface area contributed by atoms with Gasteiger partial charge in [0.1, 0.15) is 16.6 Å². The Kier molecular flexibility index (Phi) is 4.06. The Hall–Kier alpha value is -2.32. The Balaban J connectivity index is 2.68. The van der Waals surface area contributed by atoms with Crippen LogP contribution in [0.25, 0.3) is 10.4 Å². The van der Waals surface area contributed by atoms with E-state index in [-0.39, 0.29) is 11.3 Å². The number of nitrogens with zero attached hydrogens (tertiary/aromatic N) is 1. The summed E-state index contributed by atoms with van der Waals surface area (Å²) in [7, 11) is 0. The van der Waals surface area contributed by atoms with Gasteiger partial charge in [-0.2, -0.15) is 5.26 Å². The van der Waals surface area contributed by atoms with Crippen LogP contribution in [-0.4, -0.2) is 6.54 Å². The van der Waals surface area contributed by atoms with Gasteiger partial charge in [0.15, 0.2) is 0 Å². The minimum absolute atomic E-state index is 0.0882. The van der Waals surface area contributed by atoms with Gasteiger partial charge >= 0.3 is 0 Å². The molecule has 102 valence electrons. The molecule has 0 spiro atoms. The van der Waals surface area contributed by atoms with Crippen molar-refractivity contribution in [2.24, 2.45) is 0 Å². The number of aryl methyl sites for hydroxylation is 1. The van der Waals surface area contributed by atoms with Crippen molar-refractivity contribution >= 4 is 22.0 Å². The molecule has 0 amide bonds. The lowest BCUT2D eigenvalue weighted by Gasteiger charge is -2.10. The lowest BCUT2D eigenvalue weighted by atomic mass is 10.1. The second kappa shape index (κ2) is 5.76. The van der Waals surface area contributed by atoms with Gasteiger partial charge in [-0.05, 0) is 19.4 Å². The molecule has 20 heavy (non-hydrogen) atoms. The fraction of sp³-hybridized carbons (Fsp3) is 0.200. The Morgan fingerprint density at radius 1 is 1.35 bits per heavy atom. The summed E-state index contributed by atoms with van der Waals surface area (Å²) in [4.78, 5) is 12.9. The first-order chi connectivity index (χ1) is 9.58. The predicted molar refractivity (Wildman–Crippen MR) is 84.1 cm³/mol. The lowest BCUT2D eigenvalue weighted by Crippen LogP contribution is -2.15. The molecule has 5 heteroatoms. The van der Waals surface area contributed by atoms with Crippen LogP contribution in [0.15, 0.2) is 29.1 Å².